The highest BCUT2D eigenvalue weighted by atomic mass is 32.2. The Labute approximate surface area is 123 Å². The van der Waals surface area contributed by atoms with Gasteiger partial charge in [0.05, 0.1) is 5.75 Å². The molecule has 0 aliphatic heterocycles. The Hall–Kier alpha value is -1.75. The molecule has 0 spiro atoms. The van der Waals surface area contributed by atoms with E-state index in [1.54, 1.807) is 12.4 Å². The maximum Gasteiger partial charge on any atom is 0.234 e. The highest BCUT2D eigenvalue weighted by Crippen LogP contribution is 2.14. The van der Waals surface area contributed by atoms with Gasteiger partial charge in [-0.2, -0.15) is 0 Å². The summed E-state index contributed by atoms with van der Waals surface area (Å²) in [6.07, 6.45) is 6.91. The number of anilines is 1. The molecule has 4 nitrogen and oxygen atoms in total. The number of aryl methyl sites for hydroxylation is 1. The minimum absolute atomic E-state index is 0.0206. The van der Waals surface area contributed by atoms with Gasteiger partial charge < -0.3 is 10.3 Å². The van der Waals surface area contributed by atoms with E-state index in [-0.39, 0.29) is 5.91 Å². The van der Waals surface area contributed by atoms with Crippen LogP contribution in [0, 0.1) is 0 Å². The Morgan fingerprint density at radius 2 is 2.15 bits per heavy atom. The van der Waals surface area contributed by atoms with Crippen LogP contribution >= 0.6 is 11.8 Å². The second kappa shape index (κ2) is 7.75. The molecule has 0 fully saturated rings. The molecule has 2 rings (SSSR count). The fourth-order valence-electron chi connectivity index (χ4n) is 1.80. The smallest absolute Gasteiger partial charge is 0.234 e. The molecule has 1 aromatic carbocycles. The number of unbranched alkanes of at least 4 members (excludes halogenated alkanes) is 1. The van der Waals surface area contributed by atoms with Gasteiger partial charge in [0, 0.05) is 18.1 Å². The Morgan fingerprint density at radius 1 is 1.35 bits per heavy atom. The van der Waals surface area contributed by atoms with Gasteiger partial charge in [0.1, 0.15) is 0 Å². The van der Waals surface area contributed by atoms with Crippen molar-refractivity contribution in [2.75, 3.05) is 11.1 Å². The van der Waals surface area contributed by atoms with E-state index in [1.165, 1.54) is 30.2 Å². The van der Waals surface area contributed by atoms with Crippen molar-refractivity contribution in [2.24, 2.45) is 0 Å². The highest BCUT2D eigenvalue weighted by molar-refractivity contribution is 7.99. The number of rotatable bonds is 7. The molecule has 0 saturated heterocycles. The zero-order chi connectivity index (χ0) is 14.2. The van der Waals surface area contributed by atoms with Gasteiger partial charge in [0.25, 0.3) is 0 Å². The van der Waals surface area contributed by atoms with Gasteiger partial charge in [0.2, 0.25) is 5.91 Å². The monoisotopic (exact) mass is 289 g/mol. The summed E-state index contributed by atoms with van der Waals surface area (Å²) in [5, 5.41) is 3.65. The van der Waals surface area contributed by atoms with E-state index in [9.17, 15) is 4.79 Å². The van der Waals surface area contributed by atoms with Crippen molar-refractivity contribution < 1.29 is 4.79 Å². The fourth-order valence-corrected chi connectivity index (χ4v) is 2.42. The molecule has 0 aliphatic rings. The maximum absolute atomic E-state index is 11.8. The standard InChI is InChI=1S/C15H19N3OS/c1-2-3-4-12-5-7-13(8-6-12)18-14(19)11-20-15-16-9-10-17-15/h5-10H,2-4,11H2,1H3,(H,16,17)(H,18,19). The molecule has 5 heteroatoms. The van der Waals surface area contributed by atoms with E-state index < -0.39 is 0 Å². The van der Waals surface area contributed by atoms with E-state index >= 15 is 0 Å². The van der Waals surface area contributed by atoms with Gasteiger partial charge in [-0.05, 0) is 30.5 Å². The number of imidazole rings is 1. The summed E-state index contributed by atoms with van der Waals surface area (Å²) in [6, 6.07) is 8.07. The summed E-state index contributed by atoms with van der Waals surface area (Å²) in [5.41, 5.74) is 2.16. The fraction of sp³-hybridized carbons (Fsp3) is 0.333. The lowest BCUT2D eigenvalue weighted by atomic mass is 10.1. The summed E-state index contributed by atoms with van der Waals surface area (Å²) in [7, 11) is 0. The van der Waals surface area contributed by atoms with Crippen molar-refractivity contribution in [3.63, 3.8) is 0 Å². The second-order valence-electron chi connectivity index (χ2n) is 4.53. The number of aromatic amines is 1. The molecule has 0 aliphatic carbocycles. The molecule has 2 aromatic rings. The number of thioether (sulfide) groups is 1. The van der Waals surface area contributed by atoms with Crippen LogP contribution in [0.3, 0.4) is 0 Å². The number of nitrogens with zero attached hydrogens (tertiary/aromatic N) is 1. The SMILES string of the molecule is CCCCc1ccc(NC(=O)CSc2ncc[nH]2)cc1. The quantitative estimate of drug-likeness (QED) is 0.767. The van der Waals surface area contributed by atoms with Gasteiger partial charge in [-0.1, -0.05) is 37.2 Å². The summed E-state index contributed by atoms with van der Waals surface area (Å²) >= 11 is 1.39. The number of aromatic nitrogens is 2. The Morgan fingerprint density at radius 3 is 2.80 bits per heavy atom. The Kier molecular flexibility index (Phi) is 5.68. The van der Waals surface area contributed by atoms with Crippen LogP contribution in [0.25, 0.3) is 0 Å². The van der Waals surface area contributed by atoms with E-state index in [1.807, 2.05) is 12.1 Å². The van der Waals surface area contributed by atoms with Crippen molar-refractivity contribution in [3.05, 3.63) is 42.2 Å². The second-order valence-corrected chi connectivity index (χ2v) is 5.50. The van der Waals surface area contributed by atoms with Crippen molar-refractivity contribution in [1.82, 2.24) is 9.97 Å². The van der Waals surface area contributed by atoms with Gasteiger partial charge in [-0.25, -0.2) is 4.98 Å². The predicted molar refractivity (Wildman–Crippen MR) is 83.0 cm³/mol. The number of H-pyrrole nitrogens is 1. The average Bonchev–Trinajstić information content (AvgIpc) is 2.98. The summed E-state index contributed by atoms with van der Waals surface area (Å²) in [5.74, 6) is 0.332. The number of hydrogen-bond donors (Lipinski definition) is 2. The predicted octanol–water partition coefficient (Wildman–Crippen LogP) is 3.48. The molecule has 1 heterocycles. The summed E-state index contributed by atoms with van der Waals surface area (Å²) in [4.78, 5) is 18.8. The zero-order valence-corrected chi connectivity index (χ0v) is 12.4. The van der Waals surface area contributed by atoms with E-state index in [0.717, 1.165) is 17.3 Å². The van der Waals surface area contributed by atoms with Crippen molar-refractivity contribution in [2.45, 2.75) is 31.3 Å². The summed E-state index contributed by atoms with van der Waals surface area (Å²) < 4.78 is 0. The molecule has 0 unspecified atom stereocenters. The average molecular weight is 289 g/mol. The van der Waals surface area contributed by atoms with Gasteiger partial charge >= 0.3 is 0 Å². The Bertz CT molecular complexity index is 523. The van der Waals surface area contributed by atoms with Gasteiger partial charge in [-0.15, -0.1) is 0 Å². The topological polar surface area (TPSA) is 57.8 Å². The van der Waals surface area contributed by atoms with Crippen LogP contribution in [0.1, 0.15) is 25.3 Å². The van der Waals surface area contributed by atoms with Crippen LogP contribution in [0.2, 0.25) is 0 Å². The first-order valence-electron chi connectivity index (χ1n) is 6.79. The lowest BCUT2D eigenvalue weighted by Gasteiger charge is -2.06. The molecule has 1 aromatic heterocycles. The normalized spacial score (nSPS) is 10.4. The molecule has 0 radical (unpaired) electrons. The van der Waals surface area contributed by atoms with Crippen molar-refractivity contribution >= 4 is 23.4 Å². The maximum atomic E-state index is 11.8. The lowest BCUT2D eigenvalue weighted by Crippen LogP contribution is -2.14. The third kappa shape index (κ3) is 4.74. The molecule has 1 amide bonds. The largest absolute Gasteiger partial charge is 0.340 e. The van der Waals surface area contributed by atoms with E-state index in [4.69, 9.17) is 0 Å². The Balaban J connectivity index is 1.78. The molecular weight excluding hydrogens is 270 g/mol. The molecule has 106 valence electrons. The van der Waals surface area contributed by atoms with Gasteiger partial charge in [0.15, 0.2) is 5.16 Å². The number of carbonyl (C=O) groups excluding carboxylic acids is 1. The van der Waals surface area contributed by atoms with Crippen LogP contribution in [-0.4, -0.2) is 21.6 Å². The van der Waals surface area contributed by atoms with Crippen molar-refractivity contribution in [1.29, 1.82) is 0 Å². The van der Waals surface area contributed by atoms with E-state index in [2.05, 4.69) is 34.3 Å². The third-order valence-electron chi connectivity index (χ3n) is 2.87. The first-order valence-corrected chi connectivity index (χ1v) is 7.77. The third-order valence-corrected chi connectivity index (χ3v) is 3.77. The van der Waals surface area contributed by atoms with Crippen molar-refractivity contribution in [3.8, 4) is 0 Å². The zero-order valence-electron chi connectivity index (χ0n) is 11.6. The summed E-state index contributed by atoms with van der Waals surface area (Å²) in [6.45, 7) is 2.19. The molecular formula is C15H19N3OS. The highest BCUT2D eigenvalue weighted by Gasteiger charge is 2.04. The molecule has 0 atom stereocenters. The van der Waals surface area contributed by atoms with Crippen LogP contribution in [0.15, 0.2) is 41.8 Å². The lowest BCUT2D eigenvalue weighted by molar-refractivity contribution is -0.113. The van der Waals surface area contributed by atoms with Crippen LogP contribution in [0.5, 0.6) is 0 Å². The van der Waals surface area contributed by atoms with Crippen LogP contribution < -0.4 is 5.32 Å². The number of nitrogens with one attached hydrogen (secondary N) is 2. The van der Waals surface area contributed by atoms with Crippen LogP contribution in [-0.2, 0) is 11.2 Å². The van der Waals surface area contributed by atoms with E-state index in [0.29, 0.717) is 5.75 Å². The number of carbonyl (C=O) groups is 1. The minimum Gasteiger partial charge on any atom is -0.340 e. The minimum atomic E-state index is -0.0206. The number of hydrogen-bond acceptors (Lipinski definition) is 3. The molecule has 20 heavy (non-hydrogen) atoms. The first-order chi connectivity index (χ1) is 9.78. The number of amides is 1. The number of benzene rings is 1. The molecule has 0 bridgehead atoms. The molecule has 0 saturated carbocycles. The van der Waals surface area contributed by atoms with Crippen LogP contribution in [0.4, 0.5) is 5.69 Å². The molecule has 2 N–H and O–H groups in total. The first kappa shape index (κ1) is 14.7. The van der Waals surface area contributed by atoms with Gasteiger partial charge in [-0.3, -0.25) is 4.79 Å².